The maximum absolute atomic E-state index is 6.63. The number of aromatic nitrogens is 2. The Bertz CT molecular complexity index is 2310. The van der Waals surface area contributed by atoms with Crippen LogP contribution < -0.4 is 0 Å². The topological polar surface area (TPSA) is 38.9 Å². The van der Waals surface area contributed by atoms with E-state index >= 15 is 0 Å². The summed E-state index contributed by atoms with van der Waals surface area (Å²) in [6.07, 6.45) is 3.83. The van der Waals surface area contributed by atoms with Gasteiger partial charge in [-0.1, -0.05) is 67.3 Å². The fourth-order valence-corrected chi connectivity index (χ4v) is 7.51. The van der Waals surface area contributed by atoms with Gasteiger partial charge in [-0.3, -0.25) is 0 Å². The molecule has 1 radical (unpaired) electrons. The fraction of sp³-hybridized carbons (Fsp3) is 0.163. The zero-order valence-electron chi connectivity index (χ0n) is 27.9. The number of aryl methyl sites for hydroxylation is 4. The molecular weight excluding hydrogens is 785 g/mol. The molecule has 0 unspecified atom stereocenters. The largest absolute Gasteiger partial charge is 0.500 e. The first-order valence-electron chi connectivity index (χ1n) is 16.0. The van der Waals surface area contributed by atoms with E-state index in [1.165, 1.54) is 48.3 Å². The molecule has 0 N–H and O–H groups in total. The van der Waals surface area contributed by atoms with Gasteiger partial charge in [-0.25, -0.2) is 0 Å². The Kier molecular flexibility index (Phi) is 9.75. The van der Waals surface area contributed by atoms with Gasteiger partial charge in [-0.2, -0.15) is 0 Å². The van der Waals surface area contributed by atoms with E-state index in [2.05, 4.69) is 101 Å². The van der Waals surface area contributed by atoms with Crippen LogP contribution in [-0.2, 0) is 20.1 Å². The van der Waals surface area contributed by atoms with Crippen molar-refractivity contribution in [1.29, 1.82) is 0 Å². The monoisotopic (exact) mass is 821 g/mol. The maximum Gasteiger partial charge on any atom is 0.129 e. The minimum atomic E-state index is 0. The third kappa shape index (κ3) is 6.15. The average Bonchev–Trinajstić information content (AvgIpc) is 3.62. The van der Waals surface area contributed by atoms with Crippen LogP contribution in [-0.4, -0.2) is 9.97 Å². The predicted octanol–water partition coefficient (Wildman–Crippen LogP) is 12.2. The molecule has 0 aliphatic heterocycles. The van der Waals surface area contributed by atoms with Gasteiger partial charge in [0.05, 0.1) is 5.58 Å². The van der Waals surface area contributed by atoms with E-state index < -0.39 is 0 Å². The van der Waals surface area contributed by atoms with Crippen molar-refractivity contribution in [3.63, 3.8) is 0 Å². The average molecular weight is 821 g/mol. The standard InChI is InChI=1S/C32H28NOS.C11H8N.Ir/c1-17(2)25-15-27(33-16-26(25)29-18(3)9-7-10-19(29)4)24-12-8-11-22-23-13-14-28-30(20(5)21(6)35-28)32(23)34-31(22)24;1-2-6-10(7-3-1)11-8-4-5-9-12-11;/h7-11,13-17H,1-6H3;1-6,8-9H;/q2*-1;. The number of nitrogens with zero attached hydrogens (tertiary/aromatic N) is 2. The normalized spacial score (nSPS) is 11.1. The molecule has 241 valence electrons. The zero-order valence-corrected chi connectivity index (χ0v) is 31.1. The van der Waals surface area contributed by atoms with Crippen molar-refractivity contribution in [1.82, 2.24) is 9.97 Å². The van der Waals surface area contributed by atoms with Crippen LogP contribution in [0.3, 0.4) is 0 Å². The Morgan fingerprint density at radius 2 is 1.50 bits per heavy atom. The second kappa shape index (κ2) is 14.0. The minimum Gasteiger partial charge on any atom is -0.500 e. The van der Waals surface area contributed by atoms with Crippen LogP contribution in [0.5, 0.6) is 0 Å². The first-order valence-corrected chi connectivity index (χ1v) is 16.8. The van der Waals surface area contributed by atoms with E-state index in [0.29, 0.717) is 5.92 Å². The van der Waals surface area contributed by atoms with Crippen LogP contribution in [0.1, 0.15) is 46.9 Å². The molecule has 0 fully saturated rings. The van der Waals surface area contributed by atoms with Gasteiger partial charge in [0.15, 0.2) is 0 Å². The van der Waals surface area contributed by atoms with E-state index in [1.54, 1.807) is 6.20 Å². The summed E-state index contributed by atoms with van der Waals surface area (Å²) in [6, 6.07) is 37.5. The number of rotatable bonds is 4. The molecule has 0 saturated heterocycles. The van der Waals surface area contributed by atoms with Crippen LogP contribution in [0.4, 0.5) is 0 Å². The summed E-state index contributed by atoms with van der Waals surface area (Å²) in [5.74, 6) is 0.358. The maximum atomic E-state index is 6.63. The number of fused-ring (bicyclic) bond motifs is 5. The third-order valence-corrected chi connectivity index (χ3v) is 10.1. The smallest absolute Gasteiger partial charge is 0.129 e. The van der Waals surface area contributed by atoms with Crippen molar-refractivity contribution in [3.8, 4) is 33.6 Å². The van der Waals surface area contributed by atoms with Crippen LogP contribution in [0.25, 0.3) is 65.7 Å². The molecule has 8 rings (SSSR count). The van der Waals surface area contributed by atoms with Crippen molar-refractivity contribution in [3.05, 3.63) is 143 Å². The molecule has 0 spiro atoms. The Balaban J connectivity index is 0.000000260. The van der Waals surface area contributed by atoms with Crippen molar-refractivity contribution < 1.29 is 24.5 Å². The Morgan fingerprint density at radius 1 is 0.729 bits per heavy atom. The zero-order chi connectivity index (χ0) is 32.7. The molecule has 0 saturated carbocycles. The Hall–Kier alpha value is -4.41. The van der Waals surface area contributed by atoms with Crippen LogP contribution in [0.15, 0.2) is 108 Å². The predicted molar refractivity (Wildman–Crippen MR) is 198 cm³/mol. The number of benzene rings is 4. The number of furan rings is 1. The summed E-state index contributed by atoms with van der Waals surface area (Å²) >= 11 is 1.83. The van der Waals surface area contributed by atoms with Gasteiger partial charge in [0.2, 0.25) is 0 Å². The summed E-state index contributed by atoms with van der Waals surface area (Å²) in [6.45, 7) is 13.2. The second-order valence-corrected chi connectivity index (χ2v) is 13.6. The van der Waals surface area contributed by atoms with Gasteiger partial charge in [-0.05, 0) is 85.0 Å². The van der Waals surface area contributed by atoms with E-state index in [9.17, 15) is 0 Å². The molecule has 0 atom stereocenters. The summed E-state index contributed by atoms with van der Waals surface area (Å²) in [5.41, 5.74) is 13.3. The first-order chi connectivity index (χ1) is 22.8. The SMILES string of the molecule is Cc1cccc(C)c1-c1cnc(-c2[c-]ccc3c2oc2c3ccc3sc(C)c(C)c32)cc1C(C)C.[Ir].[c-]1ccccc1-c1ccccn1. The van der Waals surface area contributed by atoms with E-state index in [0.717, 1.165) is 44.5 Å². The van der Waals surface area contributed by atoms with Crippen LogP contribution >= 0.6 is 11.3 Å². The van der Waals surface area contributed by atoms with Gasteiger partial charge in [0, 0.05) is 58.4 Å². The number of hydrogen-bond donors (Lipinski definition) is 0. The summed E-state index contributed by atoms with van der Waals surface area (Å²) in [5, 5.41) is 3.50. The second-order valence-electron chi connectivity index (χ2n) is 12.4. The van der Waals surface area contributed by atoms with Crippen LogP contribution in [0.2, 0.25) is 0 Å². The van der Waals surface area contributed by atoms with Crippen molar-refractivity contribution in [2.24, 2.45) is 0 Å². The molecule has 3 nitrogen and oxygen atoms in total. The molecule has 48 heavy (non-hydrogen) atoms. The molecule has 5 heteroatoms. The molecule has 0 aliphatic carbocycles. The van der Waals surface area contributed by atoms with Gasteiger partial charge in [-0.15, -0.1) is 65.4 Å². The third-order valence-electron chi connectivity index (χ3n) is 8.94. The summed E-state index contributed by atoms with van der Waals surface area (Å²) in [4.78, 5) is 10.5. The summed E-state index contributed by atoms with van der Waals surface area (Å²) in [7, 11) is 0. The molecule has 4 heterocycles. The van der Waals surface area contributed by atoms with Crippen molar-refractivity contribution in [2.75, 3.05) is 0 Å². The molecule has 4 aromatic carbocycles. The Labute approximate surface area is 300 Å². The van der Waals surface area contributed by atoms with Gasteiger partial charge < -0.3 is 14.4 Å². The molecule has 8 aromatic rings. The molecule has 0 bridgehead atoms. The minimum absolute atomic E-state index is 0. The van der Waals surface area contributed by atoms with Gasteiger partial charge >= 0.3 is 0 Å². The van der Waals surface area contributed by atoms with Gasteiger partial charge in [0.1, 0.15) is 5.58 Å². The molecule has 4 aromatic heterocycles. The number of thiophene rings is 1. The van der Waals surface area contributed by atoms with Crippen molar-refractivity contribution >= 4 is 43.4 Å². The van der Waals surface area contributed by atoms with Gasteiger partial charge in [0.25, 0.3) is 0 Å². The van der Waals surface area contributed by atoms with E-state index in [1.807, 2.05) is 66.1 Å². The molecule has 0 aliphatic rings. The fourth-order valence-electron chi connectivity index (χ4n) is 6.44. The quantitative estimate of drug-likeness (QED) is 0.166. The molecular formula is C43H36IrN2OS-2. The number of hydrogen-bond acceptors (Lipinski definition) is 4. The summed E-state index contributed by atoms with van der Waals surface area (Å²) < 4.78 is 7.91. The van der Waals surface area contributed by atoms with E-state index in [-0.39, 0.29) is 20.1 Å². The van der Waals surface area contributed by atoms with Crippen LogP contribution in [0, 0.1) is 39.8 Å². The first kappa shape index (κ1) is 33.5. The molecule has 0 amide bonds. The number of pyridine rings is 2. The van der Waals surface area contributed by atoms with E-state index in [4.69, 9.17) is 9.40 Å². The van der Waals surface area contributed by atoms with Crippen molar-refractivity contribution in [2.45, 2.75) is 47.5 Å². The Morgan fingerprint density at radius 3 is 2.21 bits per heavy atom.